The van der Waals surface area contributed by atoms with Crippen molar-refractivity contribution in [2.24, 2.45) is 5.92 Å². The van der Waals surface area contributed by atoms with Crippen LogP contribution in [0.25, 0.3) is 0 Å². The molecule has 2 N–H and O–H groups in total. The van der Waals surface area contributed by atoms with Crippen molar-refractivity contribution in [3.05, 3.63) is 0 Å². The second-order valence-electron chi connectivity index (χ2n) is 4.63. The summed E-state index contributed by atoms with van der Waals surface area (Å²) in [6, 6.07) is 0. The van der Waals surface area contributed by atoms with Crippen LogP contribution in [0.3, 0.4) is 0 Å². The molecule has 0 aliphatic carbocycles. The molecule has 0 rings (SSSR count). The van der Waals surface area contributed by atoms with Gasteiger partial charge in [0.2, 0.25) is 5.91 Å². The lowest BCUT2D eigenvalue weighted by molar-refractivity contribution is -0.124. The lowest BCUT2D eigenvalue weighted by atomic mass is 9.93. The van der Waals surface area contributed by atoms with E-state index in [-0.39, 0.29) is 12.5 Å². The van der Waals surface area contributed by atoms with Crippen molar-refractivity contribution in [2.45, 2.75) is 58.9 Å². The van der Waals surface area contributed by atoms with Crippen molar-refractivity contribution in [2.75, 3.05) is 6.61 Å². The maximum absolute atomic E-state index is 11.6. The third-order valence-corrected chi connectivity index (χ3v) is 3.01. The Balaban J connectivity index is 4.11. The fourth-order valence-corrected chi connectivity index (χ4v) is 1.47. The average Bonchev–Trinajstić information content (AvgIpc) is 2.23. The minimum absolute atomic E-state index is 0.0212. The minimum Gasteiger partial charge on any atom is -0.394 e. The molecule has 0 heterocycles. The Labute approximate surface area is 93.3 Å². The number of hydrogen-bond acceptors (Lipinski definition) is 2. The summed E-state index contributed by atoms with van der Waals surface area (Å²) in [4.78, 5) is 11.6. The summed E-state index contributed by atoms with van der Waals surface area (Å²) in [7, 11) is 0. The van der Waals surface area contributed by atoms with Crippen LogP contribution < -0.4 is 5.32 Å². The van der Waals surface area contributed by atoms with E-state index in [4.69, 9.17) is 0 Å². The Morgan fingerprint density at radius 3 is 2.20 bits per heavy atom. The van der Waals surface area contributed by atoms with Crippen molar-refractivity contribution >= 4 is 5.91 Å². The number of aliphatic hydroxyl groups excluding tert-OH is 1. The van der Waals surface area contributed by atoms with E-state index in [9.17, 15) is 9.90 Å². The van der Waals surface area contributed by atoms with Gasteiger partial charge in [-0.3, -0.25) is 4.79 Å². The number of aliphatic hydroxyl groups is 1. The average molecular weight is 215 g/mol. The summed E-state index contributed by atoms with van der Waals surface area (Å²) >= 11 is 0. The third kappa shape index (κ3) is 5.17. The molecule has 0 unspecified atom stereocenters. The lowest BCUT2D eigenvalue weighted by Gasteiger charge is -2.30. The van der Waals surface area contributed by atoms with Crippen LogP contribution in [0.2, 0.25) is 0 Å². The molecular formula is C12H25NO2. The van der Waals surface area contributed by atoms with Gasteiger partial charge in [0, 0.05) is 6.42 Å². The Kier molecular flexibility index (Phi) is 6.57. The molecule has 3 heteroatoms. The quantitative estimate of drug-likeness (QED) is 0.683. The van der Waals surface area contributed by atoms with Crippen LogP contribution in [0.1, 0.15) is 53.4 Å². The summed E-state index contributed by atoms with van der Waals surface area (Å²) in [5.41, 5.74) is -0.409. The summed E-state index contributed by atoms with van der Waals surface area (Å²) in [5.74, 6) is 0.601. The molecule has 0 bridgehead atoms. The topological polar surface area (TPSA) is 49.3 Å². The van der Waals surface area contributed by atoms with E-state index >= 15 is 0 Å². The zero-order valence-corrected chi connectivity index (χ0v) is 10.5. The number of carbonyl (C=O) groups excluding carboxylic acids is 1. The van der Waals surface area contributed by atoms with Gasteiger partial charge in [0.25, 0.3) is 0 Å². The van der Waals surface area contributed by atoms with Crippen LogP contribution in [-0.4, -0.2) is 23.2 Å². The van der Waals surface area contributed by atoms with Crippen molar-refractivity contribution in [3.8, 4) is 0 Å². The van der Waals surface area contributed by atoms with E-state index in [1.54, 1.807) is 0 Å². The van der Waals surface area contributed by atoms with E-state index < -0.39 is 5.54 Å². The molecule has 90 valence electrons. The first-order chi connectivity index (χ1) is 6.99. The highest BCUT2D eigenvalue weighted by molar-refractivity contribution is 5.76. The molecule has 0 spiro atoms. The van der Waals surface area contributed by atoms with Gasteiger partial charge in [-0.2, -0.15) is 0 Å². The smallest absolute Gasteiger partial charge is 0.220 e. The molecule has 0 saturated carbocycles. The van der Waals surface area contributed by atoms with Gasteiger partial charge in [-0.1, -0.05) is 27.7 Å². The number of carbonyl (C=O) groups is 1. The molecule has 0 aromatic rings. The first kappa shape index (κ1) is 14.4. The van der Waals surface area contributed by atoms with Gasteiger partial charge in [-0.15, -0.1) is 0 Å². The van der Waals surface area contributed by atoms with Crippen LogP contribution in [0, 0.1) is 5.92 Å². The van der Waals surface area contributed by atoms with Gasteiger partial charge in [0.05, 0.1) is 12.1 Å². The molecule has 0 saturated heterocycles. The number of rotatable bonds is 7. The van der Waals surface area contributed by atoms with Crippen molar-refractivity contribution in [1.82, 2.24) is 5.32 Å². The SMILES string of the molecule is CCC(CC)(CO)NC(=O)CCC(C)C. The van der Waals surface area contributed by atoms with Crippen LogP contribution in [0.15, 0.2) is 0 Å². The van der Waals surface area contributed by atoms with Crippen LogP contribution in [0.4, 0.5) is 0 Å². The fourth-order valence-electron chi connectivity index (χ4n) is 1.47. The van der Waals surface area contributed by atoms with Gasteiger partial charge in [0.15, 0.2) is 0 Å². The fraction of sp³-hybridized carbons (Fsp3) is 0.917. The third-order valence-electron chi connectivity index (χ3n) is 3.01. The Morgan fingerprint density at radius 1 is 1.33 bits per heavy atom. The second kappa shape index (κ2) is 6.83. The minimum atomic E-state index is -0.409. The van der Waals surface area contributed by atoms with E-state index in [2.05, 4.69) is 19.2 Å². The molecule has 0 fully saturated rings. The van der Waals surface area contributed by atoms with Crippen LogP contribution in [-0.2, 0) is 4.79 Å². The molecule has 0 atom stereocenters. The molecule has 1 amide bonds. The Hall–Kier alpha value is -0.570. The first-order valence-corrected chi connectivity index (χ1v) is 5.91. The predicted octanol–water partition coefficient (Wildman–Crippen LogP) is 2.09. The highest BCUT2D eigenvalue weighted by Gasteiger charge is 2.26. The van der Waals surface area contributed by atoms with Gasteiger partial charge in [-0.05, 0) is 25.2 Å². The summed E-state index contributed by atoms with van der Waals surface area (Å²) in [6.07, 6.45) is 3.00. The molecule has 3 nitrogen and oxygen atoms in total. The Morgan fingerprint density at radius 2 is 1.87 bits per heavy atom. The lowest BCUT2D eigenvalue weighted by Crippen LogP contribution is -2.50. The normalized spacial score (nSPS) is 11.9. The second-order valence-corrected chi connectivity index (χ2v) is 4.63. The molecule has 15 heavy (non-hydrogen) atoms. The van der Waals surface area contributed by atoms with E-state index in [0.717, 1.165) is 19.3 Å². The van der Waals surface area contributed by atoms with Crippen molar-refractivity contribution in [1.29, 1.82) is 0 Å². The van der Waals surface area contributed by atoms with Gasteiger partial charge >= 0.3 is 0 Å². The summed E-state index contributed by atoms with van der Waals surface area (Å²) in [6.45, 7) is 8.21. The first-order valence-electron chi connectivity index (χ1n) is 5.91. The standard InChI is InChI=1S/C12H25NO2/c1-5-12(6-2,9-14)13-11(15)8-7-10(3)4/h10,14H,5-9H2,1-4H3,(H,13,15). The van der Waals surface area contributed by atoms with E-state index in [1.165, 1.54) is 0 Å². The molecule has 0 radical (unpaired) electrons. The molecule has 0 aromatic heterocycles. The van der Waals surface area contributed by atoms with E-state index in [1.807, 2.05) is 13.8 Å². The zero-order chi connectivity index (χ0) is 11.9. The van der Waals surface area contributed by atoms with E-state index in [0.29, 0.717) is 12.3 Å². The zero-order valence-electron chi connectivity index (χ0n) is 10.5. The summed E-state index contributed by atoms with van der Waals surface area (Å²) in [5, 5.41) is 12.2. The molecular weight excluding hydrogens is 190 g/mol. The predicted molar refractivity (Wildman–Crippen MR) is 62.6 cm³/mol. The molecule has 0 aromatic carbocycles. The maximum atomic E-state index is 11.6. The molecule has 0 aliphatic rings. The maximum Gasteiger partial charge on any atom is 0.220 e. The van der Waals surface area contributed by atoms with Crippen LogP contribution >= 0.6 is 0 Å². The Bertz CT molecular complexity index is 178. The van der Waals surface area contributed by atoms with Crippen molar-refractivity contribution < 1.29 is 9.90 Å². The van der Waals surface area contributed by atoms with Crippen LogP contribution in [0.5, 0.6) is 0 Å². The molecule has 0 aliphatic heterocycles. The van der Waals surface area contributed by atoms with Gasteiger partial charge in [-0.25, -0.2) is 0 Å². The number of amides is 1. The number of nitrogens with one attached hydrogen (secondary N) is 1. The van der Waals surface area contributed by atoms with Gasteiger partial charge < -0.3 is 10.4 Å². The highest BCUT2D eigenvalue weighted by atomic mass is 16.3. The monoisotopic (exact) mass is 215 g/mol. The summed E-state index contributed by atoms with van der Waals surface area (Å²) < 4.78 is 0. The highest BCUT2D eigenvalue weighted by Crippen LogP contribution is 2.15. The van der Waals surface area contributed by atoms with Gasteiger partial charge in [0.1, 0.15) is 0 Å². The van der Waals surface area contributed by atoms with Crippen molar-refractivity contribution in [3.63, 3.8) is 0 Å². The largest absolute Gasteiger partial charge is 0.394 e. The number of hydrogen-bond donors (Lipinski definition) is 2.